The van der Waals surface area contributed by atoms with Crippen LogP contribution in [-0.2, 0) is 13.2 Å². The van der Waals surface area contributed by atoms with Gasteiger partial charge >= 0.3 is 6.18 Å². The van der Waals surface area contributed by atoms with Crippen LogP contribution < -0.4 is 0 Å². The molecule has 1 aromatic carbocycles. The molecular weight excluding hydrogens is 245 g/mol. The van der Waals surface area contributed by atoms with Gasteiger partial charge < -0.3 is 0 Å². The molecule has 6 heteroatoms. The normalized spacial score (nSPS) is 11.6. The van der Waals surface area contributed by atoms with Gasteiger partial charge in [0.2, 0.25) is 0 Å². The summed E-state index contributed by atoms with van der Waals surface area (Å²) in [7, 11) is 1.50. The SMILES string of the molecule is Cn1ncc(C=O)c1-c1ccccc1C(F)(F)F. The quantitative estimate of drug-likeness (QED) is 0.772. The number of aromatic nitrogens is 2. The minimum absolute atomic E-state index is 0.0490. The molecule has 0 aliphatic carbocycles. The highest BCUT2D eigenvalue weighted by molar-refractivity contribution is 5.86. The monoisotopic (exact) mass is 254 g/mol. The molecule has 0 amide bonds. The molecule has 0 bridgehead atoms. The van der Waals surface area contributed by atoms with Crippen molar-refractivity contribution in [1.82, 2.24) is 9.78 Å². The van der Waals surface area contributed by atoms with E-state index in [0.717, 1.165) is 6.07 Å². The molecule has 0 aliphatic rings. The van der Waals surface area contributed by atoms with E-state index in [2.05, 4.69) is 5.10 Å². The van der Waals surface area contributed by atoms with E-state index in [1.165, 1.54) is 36.1 Å². The maximum Gasteiger partial charge on any atom is 0.417 e. The lowest BCUT2D eigenvalue weighted by atomic mass is 10.0. The van der Waals surface area contributed by atoms with E-state index in [9.17, 15) is 18.0 Å². The zero-order chi connectivity index (χ0) is 13.3. The summed E-state index contributed by atoms with van der Waals surface area (Å²) in [5.74, 6) is 0. The van der Waals surface area contributed by atoms with Crippen LogP contribution in [0.4, 0.5) is 13.2 Å². The summed E-state index contributed by atoms with van der Waals surface area (Å²) in [6, 6.07) is 5.11. The minimum atomic E-state index is -4.47. The number of halogens is 3. The van der Waals surface area contributed by atoms with Crippen molar-refractivity contribution in [3.63, 3.8) is 0 Å². The summed E-state index contributed by atoms with van der Waals surface area (Å²) in [5, 5.41) is 3.81. The van der Waals surface area contributed by atoms with Crippen LogP contribution in [0.5, 0.6) is 0 Å². The van der Waals surface area contributed by atoms with Gasteiger partial charge in [-0.05, 0) is 6.07 Å². The lowest BCUT2D eigenvalue weighted by molar-refractivity contribution is -0.137. The second-order valence-electron chi connectivity index (χ2n) is 3.73. The molecule has 2 rings (SSSR count). The third-order valence-corrected chi connectivity index (χ3v) is 2.58. The zero-order valence-corrected chi connectivity index (χ0v) is 9.40. The molecule has 0 spiro atoms. The van der Waals surface area contributed by atoms with Crippen molar-refractivity contribution in [2.45, 2.75) is 6.18 Å². The van der Waals surface area contributed by atoms with Gasteiger partial charge in [0.05, 0.1) is 23.0 Å². The Balaban J connectivity index is 2.72. The number of aryl methyl sites for hydroxylation is 1. The van der Waals surface area contributed by atoms with E-state index >= 15 is 0 Å². The predicted molar refractivity (Wildman–Crippen MR) is 59.0 cm³/mol. The van der Waals surface area contributed by atoms with Gasteiger partial charge in [0.25, 0.3) is 0 Å². The maximum atomic E-state index is 12.9. The summed E-state index contributed by atoms with van der Waals surface area (Å²) in [4.78, 5) is 10.8. The molecule has 0 fully saturated rings. The fourth-order valence-electron chi connectivity index (χ4n) is 1.81. The number of benzene rings is 1. The Morgan fingerprint density at radius 3 is 2.56 bits per heavy atom. The molecule has 0 saturated carbocycles. The molecule has 2 aromatic rings. The second kappa shape index (κ2) is 4.29. The first-order valence-electron chi connectivity index (χ1n) is 5.09. The number of carbonyl (C=O) groups excluding carboxylic acids is 1. The van der Waals surface area contributed by atoms with Crippen molar-refractivity contribution in [3.8, 4) is 11.3 Å². The smallest absolute Gasteiger partial charge is 0.298 e. The average molecular weight is 254 g/mol. The van der Waals surface area contributed by atoms with Crippen LogP contribution in [-0.4, -0.2) is 16.1 Å². The molecule has 0 unspecified atom stereocenters. The van der Waals surface area contributed by atoms with Crippen LogP contribution in [0.25, 0.3) is 11.3 Å². The highest BCUT2D eigenvalue weighted by Gasteiger charge is 2.34. The number of nitrogens with zero attached hydrogens (tertiary/aromatic N) is 2. The third kappa shape index (κ3) is 2.01. The van der Waals surface area contributed by atoms with Crippen LogP contribution in [0, 0.1) is 0 Å². The number of rotatable bonds is 2. The summed E-state index contributed by atoms with van der Waals surface area (Å²) in [6.07, 6.45) is -2.73. The van der Waals surface area contributed by atoms with E-state index in [0.29, 0.717) is 6.29 Å². The van der Waals surface area contributed by atoms with Crippen molar-refractivity contribution < 1.29 is 18.0 Å². The standard InChI is InChI=1S/C12H9F3N2O/c1-17-11(8(7-18)6-16-17)9-4-2-3-5-10(9)12(13,14)15/h2-7H,1H3. The molecule has 3 nitrogen and oxygen atoms in total. The largest absolute Gasteiger partial charge is 0.417 e. The van der Waals surface area contributed by atoms with Gasteiger partial charge in [-0.1, -0.05) is 18.2 Å². The third-order valence-electron chi connectivity index (χ3n) is 2.58. The van der Waals surface area contributed by atoms with Gasteiger partial charge in [-0.3, -0.25) is 9.48 Å². The number of hydrogen-bond donors (Lipinski definition) is 0. The fraction of sp³-hybridized carbons (Fsp3) is 0.167. The number of aldehydes is 1. The van der Waals surface area contributed by atoms with Gasteiger partial charge in [0, 0.05) is 12.6 Å². The van der Waals surface area contributed by atoms with Crippen molar-refractivity contribution in [2.75, 3.05) is 0 Å². The van der Waals surface area contributed by atoms with Gasteiger partial charge in [-0.2, -0.15) is 18.3 Å². The number of carbonyl (C=O) groups is 1. The Morgan fingerprint density at radius 1 is 1.28 bits per heavy atom. The lowest BCUT2D eigenvalue weighted by Crippen LogP contribution is -2.09. The summed E-state index contributed by atoms with van der Waals surface area (Å²) in [5.41, 5.74) is -0.532. The summed E-state index contributed by atoms with van der Waals surface area (Å²) < 4.78 is 39.9. The molecule has 0 radical (unpaired) electrons. The van der Waals surface area contributed by atoms with Gasteiger partial charge in [-0.15, -0.1) is 0 Å². The molecule has 1 aromatic heterocycles. The molecule has 0 saturated heterocycles. The average Bonchev–Trinajstić information content (AvgIpc) is 2.69. The van der Waals surface area contributed by atoms with Crippen LogP contribution in [0.1, 0.15) is 15.9 Å². The predicted octanol–water partition coefficient (Wildman–Crippen LogP) is 2.92. The van der Waals surface area contributed by atoms with Crippen molar-refractivity contribution in [2.24, 2.45) is 7.05 Å². The van der Waals surface area contributed by atoms with E-state index in [-0.39, 0.29) is 16.8 Å². The Morgan fingerprint density at radius 2 is 1.94 bits per heavy atom. The van der Waals surface area contributed by atoms with Crippen LogP contribution >= 0.6 is 0 Å². The summed E-state index contributed by atoms with van der Waals surface area (Å²) in [6.45, 7) is 0. The van der Waals surface area contributed by atoms with Crippen LogP contribution in [0.2, 0.25) is 0 Å². The van der Waals surface area contributed by atoms with E-state index < -0.39 is 11.7 Å². The van der Waals surface area contributed by atoms with E-state index in [4.69, 9.17) is 0 Å². The highest BCUT2D eigenvalue weighted by atomic mass is 19.4. The maximum absolute atomic E-state index is 12.9. The van der Waals surface area contributed by atoms with Crippen molar-refractivity contribution in [1.29, 1.82) is 0 Å². The van der Waals surface area contributed by atoms with E-state index in [1.54, 1.807) is 0 Å². The molecule has 0 atom stereocenters. The molecule has 1 heterocycles. The first-order valence-corrected chi connectivity index (χ1v) is 5.09. The first-order chi connectivity index (χ1) is 8.45. The Labute approximate surface area is 101 Å². The molecular formula is C12H9F3N2O. The van der Waals surface area contributed by atoms with Crippen LogP contribution in [0.15, 0.2) is 30.5 Å². The van der Waals surface area contributed by atoms with Gasteiger partial charge in [-0.25, -0.2) is 0 Å². The molecule has 18 heavy (non-hydrogen) atoms. The molecule has 94 valence electrons. The Kier molecular flexibility index (Phi) is 2.94. The number of alkyl halides is 3. The molecule has 0 aliphatic heterocycles. The van der Waals surface area contributed by atoms with E-state index in [1.807, 2.05) is 0 Å². The minimum Gasteiger partial charge on any atom is -0.298 e. The van der Waals surface area contributed by atoms with Crippen molar-refractivity contribution in [3.05, 3.63) is 41.6 Å². The Hall–Kier alpha value is -2.11. The second-order valence-corrected chi connectivity index (χ2v) is 3.73. The van der Waals surface area contributed by atoms with Gasteiger partial charge in [0.15, 0.2) is 6.29 Å². The lowest BCUT2D eigenvalue weighted by Gasteiger charge is -2.13. The summed E-state index contributed by atoms with van der Waals surface area (Å²) >= 11 is 0. The topological polar surface area (TPSA) is 34.9 Å². The first kappa shape index (κ1) is 12.3. The van der Waals surface area contributed by atoms with Gasteiger partial charge in [0.1, 0.15) is 0 Å². The van der Waals surface area contributed by atoms with Crippen LogP contribution in [0.3, 0.4) is 0 Å². The highest BCUT2D eigenvalue weighted by Crippen LogP contribution is 2.37. The Bertz CT molecular complexity index is 587. The zero-order valence-electron chi connectivity index (χ0n) is 9.40. The van der Waals surface area contributed by atoms with Crippen molar-refractivity contribution >= 4 is 6.29 Å². The fourth-order valence-corrected chi connectivity index (χ4v) is 1.81. The number of hydrogen-bond acceptors (Lipinski definition) is 2. The molecule has 0 N–H and O–H groups in total.